The molecule has 17 heavy (non-hydrogen) atoms. The van der Waals surface area contributed by atoms with Crippen molar-refractivity contribution < 1.29 is 14.2 Å². The molecule has 1 rings (SSSR count). The second-order valence-electron chi connectivity index (χ2n) is 3.20. The third-order valence-corrected chi connectivity index (χ3v) is 1.98. The highest BCUT2D eigenvalue weighted by atomic mass is 16.5. The Morgan fingerprint density at radius 2 is 1.59 bits per heavy atom. The van der Waals surface area contributed by atoms with Crippen LogP contribution in [0, 0.1) is 0 Å². The van der Waals surface area contributed by atoms with Gasteiger partial charge >= 0.3 is 0 Å². The van der Waals surface area contributed by atoms with Crippen molar-refractivity contribution in [3.63, 3.8) is 0 Å². The maximum atomic E-state index is 5.46. The third-order valence-electron chi connectivity index (χ3n) is 1.98. The van der Waals surface area contributed by atoms with Gasteiger partial charge in [-0.1, -0.05) is 0 Å². The molecule has 0 atom stereocenters. The summed E-state index contributed by atoms with van der Waals surface area (Å²) in [5, 5.41) is 0. The molecule has 0 amide bonds. The number of rotatable bonds is 6. The van der Waals surface area contributed by atoms with Gasteiger partial charge in [0.05, 0.1) is 20.8 Å². The van der Waals surface area contributed by atoms with E-state index in [0.717, 1.165) is 0 Å². The molecule has 4 N–H and O–H groups in total. The lowest BCUT2D eigenvalue weighted by Gasteiger charge is -2.09. The first-order valence-electron chi connectivity index (χ1n) is 5.07. The molecule has 0 radical (unpaired) electrons. The Bertz CT molecular complexity index is 367. The van der Waals surface area contributed by atoms with E-state index < -0.39 is 0 Å². The van der Waals surface area contributed by atoms with Gasteiger partial charge in [0, 0.05) is 18.2 Å². The summed E-state index contributed by atoms with van der Waals surface area (Å²) in [5.41, 5.74) is 10.4. The Morgan fingerprint density at radius 3 is 2.06 bits per heavy atom. The van der Waals surface area contributed by atoms with E-state index in [-0.39, 0.29) is 5.96 Å². The number of nitrogens with zero attached hydrogens (tertiary/aromatic N) is 1. The van der Waals surface area contributed by atoms with Crippen LogP contribution in [0.5, 0.6) is 17.2 Å². The SMILES string of the molecule is COc1cc(OC)cc(OCCN=C(N)N)c1. The van der Waals surface area contributed by atoms with Crippen LogP contribution >= 0.6 is 0 Å². The van der Waals surface area contributed by atoms with Crippen molar-refractivity contribution in [2.75, 3.05) is 27.4 Å². The van der Waals surface area contributed by atoms with Crippen LogP contribution in [0.4, 0.5) is 0 Å². The van der Waals surface area contributed by atoms with Crippen LogP contribution in [0.2, 0.25) is 0 Å². The quantitative estimate of drug-likeness (QED) is 0.424. The number of hydrogen-bond acceptors (Lipinski definition) is 4. The molecule has 6 heteroatoms. The van der Waals surface area contributed by atoms with Crippen LogP contribution in [0.25, 0.3) is 0 Å². The maximum Gasteiger partial charge on any atom is 0.186 e. The zero-order chi connectivity index (χ0) is 12.7. The van der Waals surface area contributed by atoms with Gasteiger partial charge in [0.15, 0.2) is 5.96 Å². The number of guanidine groups is 1. The monoisotopic (exact) mass is 239 g/mol. The van der Waals surface area contributed by atoms with Gasteiger partial charge in [-0.05, 0) is 0 Å². The topological polar surface area (TPSA) is 92.1 Å². The van der Waals surface area contributed by atoms with Gasteiger partial charge in [0.25, 0.3) is 0 Å². The number of ether oxygens (including phenoxy) is 3. The van der Waals surface area contributed by atoms with Crippen molar-refractivity contribution in [1.29, 1.82) is 0 Å². The molecule has 0 bridgehead atoms. The molecule has 6 nitrogen and oxygen atoms in total. The highest BCUT2D eigenvalue weighted by molar-refractivity contribution is 5.75. The van der Waals surface area contributed by atoms with Crippen LogP contribution in [0.1, 0.15) is 0 Å². The Labute approximate surface area is 100 Å². The van der Waals surface area contributed by atoms with E-state index in [2.05, 4.69) is 4.99 Å². The van der Waals surface area contributed by atoms with Crippen LogP contribution in [0.15, 0.2) is 23.2 Å². The summed E-state index contributed by atoms with van der Waals surface area (Å²) < 4.78 is 15.7. The molecule has 1 aromatic carbocycles. The molecule has 0 spiro atoms. The van der Waals surface area contributed by atoms with E-state index in [1.807, 2.05) is 0 Å². The first-order chi connectivity index (χ1) is 8.15. The van der Waals surface area contributed by atoms with Crippen molar-refractivity contribution in [2.45, 2.75) is 0 Å². The minimum absolute atomic E-state index is 0.0526. The van der Waals surface area contributed by atoms with Crippen LogP contribution in [0.3, 0.4) is 0 Å². The maximum absolute atomic E-state index is 5.46. The fraction of sp³-hybridized carbons (Fsp3) is 0.364. The summed E-state index contributed by atoms with van der Waals surface area (Å²) in [6.45, 7) is 0.788. The molecule has 0 saturated carbocycles. The normalized spacial score (nSPS) is 9.53. The van der Waals surface area contributed by atoms with E-state index >= 15 is 0 Å². The molecule has 0 aliphatic heterocycles. The first kappa shape index (κ1) is 13.0. The summed E-state index contributed by atoms with van der Waals surface area (Å²) in [4.78, 5) is 3.81. The molecule has 0 aliphatic rings. The predicted octanol–water partition coefficient (Wildman–Crippen LogP) is 0.356. The number of hydrogen-bond donors (Lipinski definition) is 2. The molecule has 94 valence electrons. The molecule has 1 aromatic rings. The Hall–Kier alpha value is -2.11. The zero-order valence-corrected chi connectivity index (χ0v) is 9.97. The third kappa shape index (κ3) is 4.50. The van der Waals surface area contributed by atoms with Crippen LogP contribution in [-0.4, -0.2) is 33.3 Å². The predicted molar refractivity (Wildman–Crippen MR) is 65.7 cm³/mol. The molecular formula is C11H17N3O3. The first-order valence-corrected chi connectivity index (χ1v) is 5.07. The average Bonchev–Trinajstić information content (AvgIpc) is 2.34. The van der Waals surface area contributed by atoms with Crippen molar-refractivity contribution in [3.8, 4) is 17.2 Å². The van der Waals surface area contributed by atoms with Gasteiger partial charge < -0.3 is 25.7 Å². The molecule has 0 saturated heterocycles. The van der Waals surface area contributed by atoms with Crippen LogP contribution in [-0.2, 0) is 0 Å². The van der Waals surface area contributed by atoms with E-state index in [9.17, 15) is 0 Å². The number of benzene rings is 1. The van der Waals surface area contributed by atoms with E-state index in [0.29, 0.717) is 30.4 Å². The van der Waals surface area contributed by atoms with Crippen molar-refractivity contribution in [3.05, 3.63) is 18.2 Å². The standard InChI is InChI=1S/C11H17N3O3/c1-15-8-5-9(16-2)7-10(6-8)17-4-3-14-11(12)13/h5-7H,3-4H2,1-2H3,(H4,12,13,14). The lowest BCUT2D eigenvalue weighted by atomic mass is 10.3. The van der Waals surface area contributed by atoms with Crippen molar-refractivity contribution in [1.82, 2.24) is 0 Å². The van der Waals surface area contributed by atoms with Gasteiger partial charge in [0.1, 0.15) is 23.9 Å². The number of nitrogens with two attached hydrogens (primary N) is 2. The lowest BCUT2D eigenvalue weighted by molar-refractivity contribution is 0.321. The second-order valence-corrected chi connectivity index (χ2v) is 3.20. The zero-order valence-electron chi connectivity index (χ0n) is 9.97. The van der Waals surface area contributed by atoms with Gasteiger partial charge in [0.2, 0.25) is 0 Å². The molecule has 0 heterocycles. The molecule has 0 aromatic heterocycles. The summed E-state index contributed by atoms with van der Waals surface area (Å²) >= 11 is 0. The largest absolute Gasteiger partial charge is 0.496 e. The smallest absolute Gasteiger partial charge is 0.186 e. The summed E-state index contributed by atoms with van der Waals surface area (Å²) in [5.74, 6) is 2.03. The van der Waals surface area contributed by atoms with Crippen LogP contribution < -0.4 is 25.7 Å². The second kappa shape index (κ2) is 6.47. The Morgan fingerprint density at radius 1 is 1.06 bits per heavy atom. The lowest BCUT2D eigenvalue weighted by Crippen LogP contribution is -2.23. The fourth-order valence-electron chi connectivity index (χ4n) is 1.20. The van der Waals surface area contributed by atoms with Crippen molar-refractivity contribution >= 4 is 5.96 Å². The summed E-state index contributed by atoms with van der Waals surface area (Å²) in [7, 11) is 3.16. The highest BCUT2D eigenvalue weighted by Gasteiger charge is 2.02. The minimum atomic E-state index is 0.0526. The molecule has 0 unspecified atom stereocenters. The van der Waals surface area contributed by atoms with E-state index in [4.69, 9.17) is 25.7 Å². The average molecular weight is 239 g/mol. The Balaban J connectivity index is 2.60. The van der Waals surface area contributed by atoms with Gasteiger partial charge in [-0.3, -0.25) is 4.99 Å². The summed E-state index contributed by atoms with van der Waals surface area (Å²) in [6, 6.07) is 5.29. The number of methoxy groups -OCH3 is 2. The summed E-state index contributed by atoms with van der Waals surface area (Å²) in [6.07, 6.45) is 0. The Kier molecular flexibility index (Phi) is 4.93. The molecule has 0 aliphatic carbocycles. The fourth-order valence-corrected chi connectivity index (χ4v) is 1.20. The van der Waals surface area contributed by atoms with Gasteiger partial charge in [-0.2, -0.15) is 0 Å². The molecular weight excluding hydrogens is 222 g/mol. The van der Waals surface area contributed by atoms with E-state index in [1.54, 1.807) is 32.4 Å². The van der Waals surface area contributed by atoms with Gasteiger partial charge in [-0.25, -0.2) is 0 Å². The highest BCUT2D eigenvalue weighted by Crippen LogP contribution is 2.27. The minimum Gasteiger partial charge on any atom is -0.496 e. The van der Waals surface area contributed by atoms with E-state index in [1.165, 1.54) is 0 Å². The van der Waals surface area contributed by atoms with Gasteiger partial charge in [-0.15, -0.1) is 0 Å². The van der Waals surface area contributed by atoms with Crippen molar-refractivity contribution in [2.24, 2.45) is 16.5 Å². The molecule has 0 fully saturated rings. The number of aliphatic imine (C=N–C) groups is 1.